The fourth-order valence-corrected chi connectivity index (χ4v) is 2.93. The van der Waals surface area contributed by atoms with Crippen LogP contribution < -0.4 is 0 Å². The molecule has 8 heteroatoms. The SMILES string of the molecule is COCCc1noc(CN2CCO[C@@H](Cn3nc(C)cc3C)C2)n1. The summed E-state index contributed by atoms with van der Waals surface area (Å²) in [6.45, 7) is 8.48. The number of morpholine rings is 1. The number of methoxy groups -OCH3 is 1. The first-order valence-corrected chi connectivity index (χ1v) is 8.29. The lowest BCUT2D eigenvalue weighted by Crippen LogP contribution is -2.44. The summed E-state index contributed by atoms with van der Waals surface area (Å²) in [5.41, 5.74) is 2.20. The quantitative estimate of drug-likeness (QED) is 0.746. The first-order chi connectivity index (χ1) is 11.6. The molecule has 2 aromatic heterocycles. The summed E-state index contributed by atoms with van der Waals surface area (Å²) in [4.78, 5) is 6.70. The van der Waals surface area contributed by atoms with Gasteiger partial charge < -0.3 is 14.0 Å². The van der Waals surface area contributed by atoms with Crippen LogP contribution in [0, 0.1) is 13.8 Å². The van der Waals surface area contributed by atoms with Gasteiger partial charge in [0, 0.05) is 32.3 Å². The molecule has 1 aliphatic rings. The Morgan fingerprint density at radius 3 is 3.00 bits per heavy atom. The molecule has 0 N–H and O–H groups in total. The number of hydrogen-bond donors (Lipinski definition) is 0. The fraction of sp³-hybridized carbons (Fsp3) is 0.688. The molecule has 0 aromatic carbocycles. The van der Waals surface area contributed by atoms with E-state index in [1.165, 1.54) is 0 Å². The Morgan fingerprint density at radius 2 is 2.25 bits per heavy atom. The van der Waals surface area contributed by atoms with Crippen LogP contribution in [0.4, 0.5) is 0 Å². The van der Waals surface area contributed by atoms with E-state index < -0.39 is 0 Å². The zero-order valence-corrected chi connectivity index (χ0v) is 14.6. The summed E-state index contributed by atoms with van der Waals surface area (Å²) in [7, 11) is 1.66. The molecule has 0 saturated carbocycles. The maximum Gasteiger partial charge on any atom is 0.240 e. The summed E-state index contributed by atoms with van der Waals surface area (Å²) >= 11 is 0. The highest BCUT2D eigenvalue weighted by Gasteiger charge is 2.23. The van der Waals surface area contributed by atoms with E-state index in [0.717, 1.165) is 31.0 Å². The summed E-state index contributed by atoms with van der Waals surface area (Å²) in [5, 5.41) is 8.49. The maximum atomic E-state index is 5.89. The molecule has 132 valence electrons. The van der Waals surface area contributed by atoms with Crippen LogP contribution in [0.25, 0.3) is 0 Å². The number of aromatic nitrogens is 4. The van der Waals surface area contributed by atoms with Gasteiger partial charge in [0.15, 0.2) is 5.82 Å². The molecule has 1 atom stereocenters. The third-order valence-electron chi connectivity index (χ3n) is 4.10. The van der Waals surface area contributed by atoms with Crippen molar-refractivity contribution >= 4 is 0 Å². The molecule has 0 amide bonds. The van der Waals surface area contributed by atoms with Crippen LogP contribution in [0.5, 0.6) is 0 Å². The molecular formula is C16H25N5O3. The van der Waals surface area contributed by atoms with Gasteiger partial charge in [0.2, 0.25) is 5.89 Å². The highest BCUT2D eigenvalue weighted by Crippen LogP contribution is 2.12. The molecule has 3 rings (SSSR count). The van der Waals surface area contributed by atoms with Gasteiger partial charge in [0.1, 0.15) is 0 Å². The maximum absolute atomic E-state index is 5.89. The minimum Gasteiger partial charge on any atom is -0.384 e. The molecule has 0 aliphatic carbocycles. The van der Waals surface area contributed by atoms with Crippen LogP contribution in [-0.4, -0.2) is 64.3 Å². The highest BCUT2D eigenvalue weighted by atomic mass is 16.5. The third kappa shape index (κ3) is 4.40. The van der Waals surface area contributed by atoms with Crippen molar-refractivity contribution in [3.05, 3.63) is 29.2 Å². The summed E-state index contributed by atoms with van der Waals surface area (Å²) in [5.74, 6) is 1.34. The van der Waals surface area contributed by atoms with Crippen molar-refractivity contribution in [2.24, 2.45) is 0 Å². The van der Waals surface area contributed by atoms with Crippen molar-refractivity contribution in [3.8, 4) is 0 Å². The van der Waals surface area contributed by atoms with Gasteiger partial charge in [-0.05, 0) is 19.9 Å². The standard InChI is InChI=1S/C16H25N5O3/c1-12-8-13(2)21(18-12)10-14-9-20(5-7-23-14)11-16-17-15(19-24-16)4-6-22-3/h8,14H,4-7,9-11H2,1-3H3/t14-/m1/s1. The zero-order valence-electron chi connectivity index (χ0n) is 14.6. The normalized spacial score (nSPS) is 19.0. The highest BCUT2D eigenvalue weighted by molar-refractivity contribution is 5.06. The Hall–Kier alpha value is -1.77. The van der Waals surface area contributed by atoms with E-state index in [2.05, 4.69) is 33.1 Å². The summed E-state index contributed by atoms with van der Waals surface area (Å²) in [6.07, 6.45) is 0.788. The van der Waals surface area contributed by atoms with Gasteiger partial charge in [-0.15, -0.1) is 0 Å². The van der Waals surface area contributed by atoms with Crippen molar-refractivity contribution < 1.29 is 14.0 Å². The number of nitrogens with zero attached hydrogens (tertiary/aromatic N) is 5. The minimum absolute atomic E-state index is 0.118. The number of hydrogen-bond acceptors (Lipinski definition) is 7. The van der Waals surface area contributed by atoms with E-state index in [9.17, 15) is 0 Å². The molecule has 0 radical (unpaired) electrons. The first kappa shape index (κ1) is 17.1. The Kier molecular flexibility index (Phi) is 5.60. The molecule has 24 heavy (non-hydrogen) atoms. The van der Waals surface area contributed by atoms with Gasteiger partial charge in [0.05, 0.1) is 38.1 Å². The Bertz CT molecular complexity index is 654. The molecule has 0 bridgehead atoms. The summed E-state index contributed by atoms with van der Waals surface area (Å²) < 4.78 is 18.3. The summed E-state index contributed by atoms with van der Waals surface area (Å²) in [6, 6.07) is 2.08. The largest absolute Gasteiger partial charge is 0.384 e. The minimum atomic E-state index is 0.118. The van der Waals surface area contributed by atoms with Crippen molar-refractivity contribution in [2.75, 3.05) is 33.4 Å². The molecule has 0 unspecified atom stereocenters. The van der Waals surface area contributed by atoms with E-state index in [-0.39, 0.29) is 6.10 Å². The number of ether oxygens (including phenoxy) is 2. The van der Waals surface area contributed by atoms with E-state index >= 15 is 0 Å². The van der Waals surface area contributed by atoms with Crippen LogP contribution in [0.15, 0.2) is 10.6 Å². The van der Waals surface area contributed by atoms with Gasteiger partial charge in [0.25, 0.3) is 0 Å². The molecular weight excluding hydrogens is 310 g/mol. The number of aryl methyl sites for hydroxylation is 2. The Labute approximate surface area is 141 Å². The molecule has 8 nitrogen and oxygen atoms in total. The molecule has 1 fully saturated rings. The zero-order chi connectivity index (χ0) is 16.9. The fourth-order valence-electron chi connectivity index (χ4n) is 2.93. The second-order valence-corrected chi connectivity index (χ2v) is 6.18. The van der Waals surface area contributed by atoms with Crippen LogP contribution in [0.2, 0.25) is 0 Å². The Balaban J connectivity index is 1.53. The van der Waals surface area contributed by atoms with E-state index in [4.69, 9.17) is 14.0 Å². The topological polar surface area (TPSA) is 78.4 Å². The van der Waals surface area contributed by atoms with E-state index in [1.54, 1.807) is 7.11 Å². The predicted octanol–water partition coefficient (Wildman–Crippen LogP) is 0.973. The Morgan fingerprint density at radius 1 is 1.38 bits per heavy atom. The molecule has 1 saturated heterocycles. The third-order valence-corrected chi connectivity index (χ3v) is 4.10. The lowest BCUT2D eigenvalue weighted by molar-refractivity contribution is -0.0429. The van der Waals surface area contributed by atoms with Gasteiger partial charge in [-0.25, -0.2) is 0 Å². The van der Waals surface area contributed by atoms with Gasteiger partial charge >= 0.3 is 0 Å². The monoisotopic (exact) mass is 335 g/mol. The van der Waals surface area contributed by atoms with Gasteiger partial charge in [-0.1, -0.05) is 5.16 Å². The van der Waals surface area contributed by atoms with Crippen molar-refractivity contribution in [1.29, 1.82) is 0 Å². The van der Waals surface area contributed by atoms with Crippen LogP contribution >= 0.6 is 0 Å². The van der Waals surface area contributed by atoms with Crippen LogP contribution in [0.3, 0.4) is 0 Å². The predicted molar refractivity (Wildman–Crippen MR) is 86.6 cm³/mol. The molecule has 3 heterocycles. The van der Waals surface area contributed by atoms with Crippen molar-refractivity contribution in [2.45, 2.75) is 39.5 Å². The molecule has 2 aromatic rings. The van der Waals surface area contributed by atoms with E-state index in [1.807, 2.05) is 11.6 Å². The number of rotatable bonds is 7. The molecule has 0 spiro atoms. The van der Waals surface area contributed by atoms with Gasteiger partial charge in [-0.2, -0.15) is 10.1 Å². The first-order valence-electron chi connectivity index (χ1n) is 8.29. The second kappa shape index (κ2) is 7.87. The lowest BCUT2D eigenvalue weighted by atomic mass is 10.2. The van der Waals surface area contributed by atoms with Gasteiger partial charge in [-0.3, -0.25) is 9.58 Å². The van der Waals surface area contributed by atoms with Crippen molar-refractivity contribution in [1.82, 2.24) is 24.8 Å². The van der Waals surface area contributed by atoms with Crippen LogP contribution in [0.1, 0.15) is 23.1 Å². The van der Waals surface area contributed by atoms with Crippen LogP contribution in [-0.2, 0) is 29.0 Å². The average molecular weight is 335 g/mol. The van der Waals surface area contributed by atoms with Crippen molar-refractivity contribution in [3.63, 3.8) is 0 Å². The average Bonchev–Trinajstić information content (AvgIpc) is 3.12. The molecule has 1 aliphatic heterocycles. The van der Waals surface area contributed by atoms with E-state index in [0.29, 0.717) is 37.9 Å². The second-order valence-electron chi connectivity index (χ2n) is 6.18. The lowest BCUT2D eigenvalue weighted by Gasteiger charge is -2.32. The smallest absolute Gasteiger partial charge is 0.240 e.